The minimum Gasteiger partial charge on any atom is -0.456 e. The van der Waals surface area contributed by atoms with Crippen molar-refractivity contribution in [2.45, 2.75) is 6.92 Å². The van der Waals surface area contributed by atoms with E-state index >= 15 is 0 Å². The number of hydrogen-bond acceptors (Lipinski definition) is 5. The molecule has 4 nitrogen and oxygen atoms in total. The lowest BCUT2D eigenvalue weighted by Gasteiger charge is -2.11. The highest BCUT2D eigenvalue weighted by molar-refractivity contribution is 7.26. The van der Waals surface area contributed by atoms with Crippen molar-refractivity contribution in [1.82, 2.24) is 15.0 Å². The van der Waals surface area contributed by atoms with E-state index in [-0.39, 0.29) is 0 Å². The van der Waals surface area contributed by atoms with Crippen LogP contribution in [0.5, 0.6) is 0 Å². The minimum absolute atomic E-state index is 0.619. The Morgan fingerprint density at radius 3 is 1.98 bits per heavy atom. The highest BCUT2D eigenvalue weighted by atomic mass is 32.1. The summed E-state index contributed by atoms with van der Waals surface area (Å²) in [7, 11) is 0. The van der Waals surface area contributed by atoms with Crippen LogP contribution in [-0.4, -0.2) is 15.0 Å². The predicted molar refractivity (Wildman–Crippen MR) is 196 cm³/mol. The van der Waals surface area contributed by atoms with Crippen LogP contribution in [0.2, 0.25) is 0 Å². The van der Waals surface area contributed by atoms with Crippen LogP contribution in [-0.2, 0) is 0 Å². The molecule has 0 bridgehead atoms. The first-order chi connectivity index (χ1) is 23.2. The van der Waals surface area contributed by atoms with Gasteiger partial charge in [-0.05, 0) is 58.3 Å². The molecule has 0 saturated carbocycles. The molecule has 0 amide bonds. The molecule has 10 aromatic rings. The molecule has 0 fully saturated rings. The largest absolute Gasteiger partial charge is 0.456 e. The standard InChI is InChI=1S/C42H25N3OS/c1-24-22-27(23-34-30-21-20-26-11-3-5-14-29(26)39(30)47-38(24)34)40-43-41(31-16-8-12-25-10-2-4-13-28(25)31)45-42(44-40)33-17-9-19-36-37(33)32-15-6-7-18-35(32)46-36/h2-23H,1H3. The highest BCUT2D eigenvalue weighted by Gasteiger charge is 2.20. The van der Waals surface area contributed by atoms with E-state index in [0.29, 0.717) is 17.5 Å². The molecule has 0 saturated heterocycles. The van der Waals surface area contributed by atoms with Gasteiger partial charge in [0.15, 0.2) is 17.5 Å². The molecule has 0 atom stereocenters. The van der Waals surface area contributed by atoms with Crippen molar-refractivity contribution in [3.63, 3.8) is 0 Å². The fraction of sp³-hybridized carbons (Fsp3) is 0.0238. The smallest absolute Gasteiger partial charge is 0.164 e. The van der Waals surface area contributed by atoms with Crippen LogP contribution < -0.4 is 0 Å². The molecule has 0 aliphatic rings. The van der Waals surface area contributed by atoms with Gasteiger partial charge in [-0.1, -0.05) is 109 Å². The molecule has 0 aliphatic carbocycles. The Morgan fingerprint density at radius 2 is 1.11 bits per heavy atom. The maximum absolute atomic E-state index is 6.26. The van der Waals surface area contributed by atoms with Crippen LogP contribution in [0.15, 0.2) is 138 Å². The van der Waals surface area contributed by atoms with Gasteiger partial charge in [-0.3, -0.25) is 0 Å². The molecular formula is C42H25N3OS. The Balaban J connectivity index is 1.27. The van der Waals surface area contributed by atoms with Gasteiger partial charge in [-0.15, -0.1) is 11.3 Å². The number of furan rings is 1. The van der Waals surface area contributed by atoms with Crippen molar-refractivity contribution >= 4 is 75.0 Å². The van der Waals surface area contributed by atoms with E-state index in [1.165, 1.54) is 36.5 Å². The Labute approximate surface area is 273 Å². The van der Waals surface area contributed by atoms with E-state index in [2.05, 4.69) is 110 Å². The molecular weight excluding hydrogens is 595 g/mol. The summed E-state index contributed by atoms with van der Waals surface area (Å²) in [6.45, 7) is 2.19. The quantitative estimate of drug-likeness (QED) is 0.197. The van der Waals surface area contributed by atoms with Gasteiger partial charge in [-0.25, -0.2) is 15.0 Å². The van der Waals surface area contributed by atoms with Gasteiger partial charge >= 0.3 is 0 Å². The molecule has 3 aromatic heterocycles. The summed E-state index contributed by atoms with van der Waals surface area (Å²) >= 11 is 1.86. The van der Waals surface area contributed by atoms with Crippen LogP contribution in [0.25, 0.3) is 97.8 Å². The monoisotopic (exact) mass is 619 g/mol. The minimum atomic E-state index is 0.619. The number of aryl methyl sites for hydroxylation is 1. The van der Waals surface area contributed by atoms with Crippen LogP contribution in [0, 0.1) is 6.92 Å². The molecule has 220 valence electrons. The molecule has 47 heavy (non-hydrogen) atoms. The lowest BCUT2D eigenvalue weighted by molar-refractivity contribution is 0.669. The van der Waals surface area contributed by atoms with Gasteiger partial charge in [-0.2, -0.15) is 0 Å². The number of para-hydroxylation sites is 1. The second-order valence-corrected chi connectivity index (χ2v) is 13.1. The lowest BCUT2D eigenvalue weighted by atomic mass is 10.0. The van der Waals surface area contributed by atoms with Crippen LogP contribution in [0.4, 0.5) is 0 Å². The van der Waals surface area contributed by atoms with Crippen LogP contribution in [0.3, 0.4) is 0 Å². The summed E-state index contributed by atoms with van der Waals surface area (Å²) in [5, 5.41) is 9.32. The third kappa shape index (κ3) is 4.03. The topological polar surface area (TPSA) is 51.8 Å². The molecule has 0 radical (unpaired) electrons. The van der Waals surface area contributed by atoms with Gasteiger partial charge in [0.1, 0.15) is 11.2 Å². The first-order valence-electron chi connectivity index (χ1n) is 15.7. The Bertz CT molecular complexity index is 2880. The van der Waals surface area contributed by atoms with Crippen LogP contribution >= 0.6 is 11.3 Å². The van der Waals surface area contributed by atoms with E-state index in [1.807, 2.05) is 41.7 Å². The highest BCUT2D eigenvalue weighted by Crippen LogP contribution is 2.42. The van der Waals surface area contributed by atoms with Gasteiger partial charge < -0.3 is 4.42 Å². The van der Waals surface area contributed by atoms with Gasteiger partial charge in [0, 0.05) is 47.6 Å². The molecule has 7 aromatic carbocycles. The summed E-state index contributed by atoms with van der Waals surface area (Å²) in [6, 6.07) is 46.5. The lowest BCUT2D eigenvalue weighted by Crippen LogP contribution is -2.01. The Hall–Kier alpha value is -5.91. The van der Waals surface area contributed by atoms with Crippen molar-refractivity contribution in [1.29, 1.82) is 0 Å². The van der Waals surface area contributed by atoms with E-state index < -0.39 is 0 Å². The summed E-state index contributed by atoms with van der Waals surface area (Å²) < 4.78 is 8.86. The number of rotatable bonds is 3. The molecule has 0 unspecified atom stereocenters. The van der Waals surface area contributed by atoms with E-state index in [1.54, 1.807) is 0 Å². The first-order valence-corrected chi connectivity index (χ1v) is 16.5. The second-order valence-electron chi connectivity index (χ2n) is 12.0. The average molecular weight is 620 g/mol. The summed E-state index contributed by atoms with van der Waals surface area (Å²) in [5.41, 5.74) is 5.73. The molecule has 10 rings (SSSR count). The fourth-order valence-electron chi connectivity index (χ4n) is 7.03. The SMILES string of the molecule is Cc1cc(-c2nc(-c3cccc4ccccc34)nc(-c3cccc4oc5ccccc5c34)n2)cc2c1sc1c3ccccc3ccc21. The van der Waals surface area contributed by atoms with E-state index in [4.69, 9.17) is 19.4 Å². The van der Waals surface area contributed by atoms with Gasteiger partial charge in [0.25, 0.3) is 0 Å². The number of aromatic nitrogens is 3. The van der Waals surface area contributed by atoms with Crippen molar-refractivity contribution in [2.75, 3.05) is 0 Å². The summed E-state index contributed by atoms with van der Waals surface area (Å²) in [5.74, 6) is 1.91. The zero-order valence-electron chi connectivity index (χ0n) is 25.4. The van der Waals surface area contributed by atoms with Crippen molar-refractivity contribution in [3.8, 4) is 34.2 Å². The van der Waals surface area contributed by atoms with Crippen molar-refractivity contribution < 1.29 is 4.42 Å². The third-order valence-electron chi connectivity index (χ3n) is 9.22. The summed E-state index contributed by atoms with van der Waals surface area (Å²) in [4.78, 5) is 15.6. The first kappa shape index (κ1) is 26.3. The van der Waals surface area contributed by atoms with Crippen molar-refractivity contribution in [3.05, 3.63) is 139 Å². The number of thiophene rings is 1. The zero-order valence-corrected chi connectivity index (χ0v) is 26.2. The summed E-state index contributed by atoms with van der Waals surface area (Å²) in [6.07, 6.45) is 0. The Kier molecular flexibility index (Phi) is 5.63. The molecule has 3 heterocycles. The van der Waals surface area contributed by atoms with E-state index in [0.717, 1.165) is 49.4 Å². The average Bonchev–Trinajstić information content (AvgIpc) is 3.70. The predicted octanol–water partition coefficient (Wildman–Crippen LogP) is 11.8. The molecule has 0 aliphatic heterocycles. The van der Waals surface area contributed by atoms with Gasteiger partial charge in [0.2, 0.25) is 0 Å². The molecule has 0 N–H and O–H groups in total. The fourth-order valence-corrected chi connectivity index (χ4v) is 8.32. The maximum atomic E-state index is 6.26. The number of nitrogens with zero attached hydrogens (tertiary/aromatic N) is 3. The molecule has 5 heteroatoms. The zero-order chi connectivity index (χ0) is 31.1. The number of benzene rings is 7. The van der Waals surface area contributed by atoms with Gasteiger partial charge in [0.05, 0.1) is 0 Å². The van der Waals surface area contributed by atoms with Crippen LogP contribution in [0.1, 0.15) is 5.56 Å². The van der Waals surface area contributed by atoms with E-state index in [9.17, 15) is 0 Å². The Morgan fingerprint density at radius 1 is 0.468 bits per heavy atom. The second kappa shape index (κ2) is 10.0. The maximum Gasteiger partial charge on any atom is 0.164 e. The molecule has 0 spiro atoms. The number of fused-ring (bicyclic) bond motifs is 9. The normalized spacial score (nSPS) is 11.9. The van der Waals surface area contributed by atoms with Crippen molar-refractivity contribution in [2.24, 2.45) is 0 Å². The number of hydrogen-bond donors (Lipinski definition) is 0. The third-order valence-corrected chi connectivity index (χ3v) is 10.6.